The number of sulfonamides is 1. The van der Waals surface area contributed by atoms with Gasteiger partial charge in [0.1, 0.15) is 0 Å². The summed E-state index contributed by atoms with van der Waals surface area (Å²) in [6.45, 7) is 6.37. The molecule has 1 N–H and O–H groups in total. The number of hydrogen-bond acceptors (Lipinski definition) is 4. The van der Waals surface area contributed by atoms with Gasteiger partial charge >= 0.3 is 0 Å². The standard InChI is InChI=1S/C25H25Cl2N3O3S/c1-17-3-8-21(9-4-17)34(32,33)28-20-7-10-22(23(27)16-20)25(31)30-13-11-29(12-14-30)24-15-19(26)6-5-18(24)2/h3-10,15-16,28H,11-14H2,1-2H3. The Labute approximate surface area is 210 Å². The molecule has 1 aliphatic heterocycles. The number of carbonyl (C=O) groups is 1. The van der Waals surface area contributed by atoms with Crippen molar-refractivity contribution in [1.29, 1.82) is 0 Å². The maximum Gasteiger partial charge on any atom is 0.261 e. The number of piperazine rings is 1. The van der Waals surface area contributed by atoms with Crippen LogP contribution in [0.1, 0.15) is 21.5 Å². The van der Waals surface area contributed by atoms with E-state index in [1.807, 2.05) is 32.0 Å². The van der Waals surface area contributed by atoms with E-state index in [0.717, 1.165) is 16.8 Å². The number of hydrogen-bond donors (Lipinski definition) is 1. The fourth-order valence-corrected chi connectivity index (χ4v) is 5.40. The number of rotatable bonds is 5. The molecule has 9 heteroatoms. The van der Waals surface area contributed by atoms with E-state index >= 15 is 0 Å². The van der Waals surface area contributed by atoms with Gasteiger partial charge in [-0.05, 0) is 61.9 Å². The van der Waals surface area contributed by atoms with Crippen LogP contribution in [-0.4, -0.2) is 45.4 Å². The Morgan fingerprint density at radius 1 is 0.882 bits per heavy atom. The maximum atomic E-state index is 13.1. The smallest absolute Gasteiger partial charge is 0.261 e. The Morgan fingerprint density at radius 3 is 2.21 bits per heavy atom. The minimum Gasteiger partial charge on any atom is -0.368 e. The predicted molar refractivity (Wildman–Crippen MR) is 138 cm³/mol. The molecule has 1 heterocycles. The monoisotopic (exact) mass is 517 g/mol. The number of carbonyl (C=O) groups excluding carboxylic acids is 1. The Balaban J connectivity index is 1.43. The topological polar surface area (TPSA) is 69.7 Å². The van der Waals surface area contributed by atoms with Crippen LogP contribution in [-0.2, 0) is 10.0 Å². The molecule has 1 amide bonds. The van der Waals surface area contributed by atoms with Crippen LogP contribution in [0.15, 0.2) is 65.6 Å². The molecule has 0 bridgehead atoms. The van der Waals surface area contributed by atoms with Crippen LogP contribution in [0.4, 0.5) is 11.4 Å². The number of amides is 1. The van der Waals surface area contributed by atoms with Gasteiger partial charge in [-0.25, -0.2) is 8.42 Å². The van der Waals surface area contributed by atoms with Crippen molar-refractivity contribution < 1.29 is 13.2 Å². The molecule has 0 aliphatic carbocycles. The second kappa shape index (κ2) is 9.86. The molecule has 1 aliphatic rings. The lowest BCUT2D eigenvalue weighted by atomic mass is 10.1. The lowest BCUT2D eigenvalue weighted by Gasteiger charge is -2.37. The lowest BCUT2D eigenvalue weighted by molar-refractivity contribution is 0.0747. The largest absolute Gasteiger partial charge is 0.368 e. The molecular weight excluding hydrogens is 493 g/mol. The number of nitrogens with zero attached hydrogens (tertiary/aromatic N) is 2. The summed E-state index contributed by atoms with van der Waals surface area (Å²) in [5, 5.41) is 0.881. The van der Waals surface area contributed by atoms with E-state index in [0.29, 0.717) is 42.5 Å². The first kappa shape index (κ1) is 24.4. The average molecular weight is 518 g/mol. The maximum absolute atomic E-state index is 13.1. The molecule has 1 fully saturated rings. The fraction of sp³-hybridized carbons (Fsp3) is 0.240. The third-order valence-corrected chi connectivity index (χ3v) is 7.81. The summed E-state index contributed by atoms with van der Waals surface area (Å²) in [4.78, 5) is 17.2. The molecule has 34 heavy (non-hydrogen) atoms. The number of nitrogens with one attached hydrogen (secondary N) is 1. The Hall–Kier alpha value is -2.74. The molecule has 0 saturated carbocycles. The van der Waals surface area contributed by atoms with Crippen molar-refractivity contribution in [2.24, 2.45) is 0 Å². The molecule has 0 unspecified atom stereocenters. The van der Waals surface area contributed by atoms with Crippen molar-refractivity contribution in [3.05, 3.63) is 87.4 Å². The minimum atomic E-state index is -3.76. The average Bonchev–Trinajstić information content (AvgIpc) is 2.80. The molecule has 0 radical (unpaired) electrons. The molecule has 0 spiro atoms. The summed E-state index contributed by atoms with van der Waals surface area (Å²) < 4.78 is 27.8. The summed E-state index contributed by atoms with van der Waals surface area (Å²) >= 11 is 12.6. The zero-order valence-corrected chi connectivity index (χ0v) is 21.2. The molecule has 4 rings (SSSR count). The van der Waals surface area contributed by atoms with E-state index in [2.05, 4.69) is 9.62 Å². The van der Waals surface area contributed by atoms with Gasteiger partial charge in [0.2, 0.25) is 0 Å². The van der Waals surface area contributed by atoms with Gasteiger partial charge in [-0.3, -0.25) is 9.52 Å². The van der Waals surface area contributed by atoms with Gasteiger partial charge in [0.25, 0.3) is 15.9 Å². The normalized spacial score (nSPS) is 14.2. The van der Waals surface area contributed by atoms with Crippen LogP contribution in [0.3, 0.4) is 0 Å². The molecule has 178 valence electrons. The van der Waals surface area contributed by atoms with Crippen molar-refractivity contribution in [2.75, 3.05) is 35.8 Å². The predicted octanol–water partition coefficient (Wildman–Crippen LogP) is 5.37. The van der Waals surface area contributed by atoms with Crippen molar-refractivity contribution in [2.45, 2.75) is 18.7 Å². The Morgan fingerprint density at radius 2 is 1.56 bits per heavy atom. The van der Waals surface area contributed by atoms with Crippen LogP contribution in [0.2, 0.25) is 10.0 Å². The summed E-state index contributed by atoms with van der Waals surface area (Å²) in [5.41, 5.74) is 3.81. The third kappa shape index (κ3) is 5.32. The molecule has 1 saturated heterocycles. The molecule has 3 aromatic carbocycles. The van der Waals surface area contributed by atoms with Crippen molar-refractivity contribution in [3.63, 3.8) is 0 Å². The van der Waals surface area contributed by atoms with Gasteiger partial charge < -0.3 is 9.80 Å². The minimum absolute atomic E-state index is 0.155. The third-order valence-electron chi connectivity index (χ3n) is 5.86. The van der Waals surface area contributed by atoms with Crippen LogP contribution in [0, 0.1) is 13.8 Å². The zero-order chi connectivity index (χ0) is 24.5. The van der Waals surface area contributed by atoms with E-state index in [9.17, 15) is 13.2 Å². The van der Waals surface area contributed by atoms with Crippen molar-refractivity contribution in [3.8, 4) is 0 Å². The van der Waals surface area contributed by atoms with Crippen LogP contribution in [0.25, 0.3) is 0 Å². The number of aryl methyl sites for hydroxylation is 2. The summed E-state index contributed by atoms with van der Waals surface area (Å²) in [6, 6.07) is 16.9. The van der Waals surface area contributed by atoms with Crippen LogP contribution >= 0.6 is 23.2 Å². The van der Waals surface area contributed by atoms with E-state index in [1.165, 1.54) is 6.07 Å². The second-order valence-electron chi connectivity index (χ2n) is 8.32. The quantitative estimate of drug-likeness (QED) is 0.493. The highest BCUT2D eigenvalue weighted by Gasteiger charge is 2.25. The molecule has 0 atom stereocenters. The molecule has 6 nitrogen and oxygen atoms in total. The first-order chi connectivity index (χ1) is 16.1. The van der Waals surface area contributed by atoms with Gasteiger partial charge in [0.15, 0.2) is 0 Å². The SMILES string of the molecule is Cc1ccc(S(=O)(=O)Nc2ccc(C(=O)N3CCN(c4cc(Cl)ccc4C)CC3)c(Cl)c2)cc1. The van der Waals surface area contributed by atoms with E-state index in [1.54, 1.807) is 41.3 Å². The Bertz CT molecular complexity index is 1320. The molecular formula is C25H25Cl2N3O3S. The van der Waals surface area contributed by atoms with Crippen molar-refractivity contribution in [1.82, 2.24) is 4.90 Å². The van der Waals surface area contributed by atoms with Crippen LogP contribution < -0.4 is 9.62 Å². The Kier molecular flexibility index (Phi) is 7.07. The molecule has 0 aromatic heterocycles. The van der Waals surface area contributed by atoms with Crippen LogP contribution in [0.5, 0.6) is 0 Å². The zero-order valence-electron chi connectivity index (χ0n) is 18.9. The highest BCUT2D eigenvalue weighted by molar-refractivity contribution is 7.92. The number of benzene rings is 3. The van der Waals surface area contributed by atoms with E-state index < -0.39 is 10.0 Å². The highest BCUT2D eigenvalue weighted by Crippen LogP contribution is 2.27. The summed E-state index contributed by atoms with van der Waals surface area (Å²) in [5.74, 6) is -0.180. The van der Waals surface area contributed by atoms with Gasteiger partial charge in [0, 0.05) is 36.9 Å². The van der Waals surface area contributed by atoms with Gasteiger partial charge in [0.05, 0.1) is 21.2 Å². The van der Waals surface area contributed by atoms with Gasteiger partial charge in [-0.15, -0.1) is 0 Å². The fourth-order valence-electron chi connectivity index (χ4n) is 3.93. The van der Waals surface area contributed by atoms with Gasteiger partial charge in [-0.2, -0.15) is 0 Å². The molecule has 3 aromatic rings. The summed E-state index contributed by atoms with van der Waals surface area (Å²) in [6.07, 6.45) is 0. The first-order valence-electron chi connectivity index (χ1n) is 10.8. The number of halogens is 2. The van der Waals surface area contributed by atoms with E-state index in [4.69, 9.17) is 23.2 Å². The van der Waals surface area contributed by atoms with E-state index in [-0.39, 0.29) is 15.8 Å². The lowest BCUT2D eigenvalue weighted by Crippen LogP contribution is -2.49. The summed E-state index contributed by atoms with van der Waals surface area (Å²) in [7, 11) is -3.76. The number of anilines is 2. The second-order valence-corrected chi connectivity index (χ2v) is 10.8. The highest BCUT2D eigenvalue weighted by atomic mass is 35.5. The van der Waals surface area contributed by atoms with Gasteiger partial charge in [-0.1, -0.05) is 47.0 Å². The van der Waals surface area contributed by atoms with Crippen molar-refractivity contribution >= 4 is 50.5 Å². The first-order valence-corrected chi connectivity index (χ1v) is 13.1.